The average Bonchev–Trinajstić information content (AvgIpc) is 3.37. The summed E-state index contributed by atoms with van der Waals surface area (Å²) in [6.07, 6.45) is 1.39. The first-order valence-corrected chi connectivity index (χ1v) is 11.6. The van der Waals surface area contributed by atoms with E-state index in [9.17, 15) is 24.3 Å². The number of aryl methyl sites for hydroxylation is 1. The summed E-state index contributed by atoms with van der Waals surface area (Å²) in [5.41, 5.74) is 2.94. The first kappa shape index (κ1) is 24.3. The van der Waals surface area contributed by atoms with Crippen molar-refractivity contribution >= 4 is 58.1 Å². The van der Waals surface area contributed by atoms with E-state index in [0.29, 0.717) is 33.8 Å². The Balaban J connectivity index is 1.49. The Morgan fingerprint density at radius 1 is 1.14 bits per heavy atom. The molecule has 178 valence electrons. The van der Waals surface area contributed by atoms with Crippen molar-refractivity contribution in [1.82, 2.24) is 4.90 Å². The quantitative estimate of drug-likeness (QED) is 0.415. The molecule has 0 aliphatic carbocycles. The number of benzene rings is 2. The average molecular weight is 511 g/mol. The van der Waals surface area contributed by atoms with Crippen molar-refractivity contribution in [2.24, 2.45) is 0 Å². The number of hydrogen-bond acceptors (Lipinski definition) is 6. The summed E-state index contributed by atoms with van der Waals surface area (Å²) >= 11 is 6.89. The van der Waals surface area contributed by atoms with Crippen LogP contribution >= 0.6 is 23.4 Å². The summed E-state index contributed by atoms with van der Waals surface area (Å²) in [6.45, 7) is 3.37. The van der Waals surface area contributed by atoms with E-state index in [1.54, 1.807) is 18.2 Å². The highest BCUT2D eigenvalue weighted by molar-refractivity contribution is 8.18. The molecule has 3 aromatic rings. The number of carboxylic acids is 1. The predicted octanol–water partition coefficient (Wildman–Crippen LogP) is 5.59. The molecule has 1 fully saturated rings. The Morgan fingerprint density at radius 3 is 2.66 bits per heavy atom. The van der Waals surface area contributed by atoms with Gasteiger partial charge in [0, 0.05) is 17.3 Å². The molecule has 0 saturated carbocycles. The number of carbonyl (C=O) groups is 4. The summed E-state index contributed by atoms with van der Waals surface area (Å²) in [5, 5.41) is 11.7. The number of aromatic carboxylic acids is 1. The minimum Gasteiger partial charge on any atom is -0.478 e. The van der Waals surface area contributed by atoms with Crippen LogP contribution in [0.2, 0.25) is 5.02 Å². The second kappa shape index (κ2) is 9.81. The summed E-state index contributed by atoms with van der Waals surface area (Å²) in [7, 11) is 0. The molecule has 0 radical (unpaired) electrons. The molecule has 1 saturated heterocycles. The van der Waals surface area contributed by atoms with Gasteiger partial charge in [-0.15, -0.1) is 0 Å². The van der Waals surface area contributed by atoms with Crippen LogP contribution in [0.4, 0.5) is 10.5 Å². The van der Waals surface area contributed by atoms with E-state index in [1.807, 2.05) is 26.0 Å². The zero-order valence-electron chi connectivity index (χ0n) is 18.6. The molecule has 0 spiro atoms. The molecule has 35 heavy (non-hydrogen) atoms. The highest BCUT2D eigenvalue weighted by atomic mass is 35.5. The van der Waals surface area contributed by atoms with Crippen molar-refractivity contribution in [3.63, 3.8) is 0 Å². The SMILES string of the molecule is Cc1cccc(NC(=O)CN2C(=O)S/C(=C\c3ccc(-c4cc(C(=O)O)ccc4Cl)o3)C2=O)c1C. The van der Waals surface area contributed by atoms with Crippen molar-refractivity contribution in [3.8, 4) is 11.3 Å². The van der Waals surface area contributed by atoms with E-state index < -0.39 is 29.6 Å². The van der Waals surface area contributed by atoms with E-state index >= 15 is 0 Å². The zero-order chi connectivity index (χ0) is 25.3. The van der Waals surface area contributed by atoms with Crippen molar-refractivity contribution in [2.75, 3.05) is 11.9 Å². The fraction of sp³-hybridized carbons (Fsp3) is 0.120. The number of halogens is 1. The molecule has 3 amide bonds. The molecule has 1 aliphatic heterocycles. The van der Waals surface area contributed by atoms with Gasteiger partial charge in [-0.3, -0.25) is 19.3 Å². The van der Waals surface area contributed by atoms with Crippen LogP contribution in [0.5, 0.6) is 0 Å². The molecule has 2 heterocycles. The summed E-state index contributed by atoms with van der Waals surface area (Å²) in [5.74, 6) is -1.64. The third-order valence-electron chi connectivity index (χ3n) is 5.43. The van der Waals surface area contributed by atoms with Crippen LogP contribution in [-0.2, 0) is 9.59 Å². The van der Waals surface area contributed by atoms with Crippen LogP contribution in [0.1, 0.15) is 27.2 Å². The molecule has 2 aromatic carbocycles. The smallest absolute Gasteiger partial charge is 0.335 e. The number of nitrogens with one attached hydrogen (secondary N) is 1. The minimum atomic E-state index is -1.11. The monoisotopic (exact) mass is 510 g/mol. The molecular formula is C25H19ClN2O6S. The molecular weight excluding hydrogens is 492 g/mol. The van der Waals surface area contributed by atoms with E-state index in [-0.39, 0.29) is 16.2 Å². The lowest BCUT2D eigenvalue weighted by molar-refractivity contribution is -0.127. The molecule has 1 aromatic heterocycles. The largest absolute Gasteiger partial charge is 0.478 e. The standard InChI is InChI=1S/C25H19ClN2O6S/c1-13-4-3-5-19(14(13)2)27-22(29)12-28-23(30)21(35-25(28)33)11-16-7-9-20(34-16)17-10-15(24(31)32)6-8-18(17)26/h3-11H,12H2,1-2H3,(H,27,29)(H,31,32)/b21-11-. The number of nitrogens with zero attached hydrogens (tertiary/aromatic N) is 1. The third kappa shape index (κ3) is 5.16. The van der Waals surface area contributed by atoms with Gasteiger partial charge in [0.1, 0.15) is 18.1 Å². The van der Waals surface area contributed by atoms with Gasteiger partial charge in [0.05, 0.1) is 15.5 Å². The van der Waals surface area contributed by atoms with E-state index in [2.05, 4.69) is 5.32 Å². The van der Waals surface area contributed by atoms with Crippen molar-refractivity contribution in [1.29, 1.82) is 0 Å². The second-order valence-corrected chi connectivity index (χ2v) is 9.17. The molecule has 10 heteroatoms. The van der Waals surface area contributed by atoms with Crippen LogP contribution in [0.3, 0.4) is 0 Å². The van der Waals surface area contributed by atoms with Gasteiger partial charge in [-0.25, -0.2) is 4.79 Å². The maximum Gasteiger partial charge on any atom is 0.335 e. The highest BCUT2D eigenvalue weighted by Gasteiger charge is 2.36. The van der Waals surface area contributed by atoms with Gasteiger partial charge >= 0.3 is 5.97 Å². The molecule has 0 atom stereocenters. The number of thioether (sulfide) groups is 1. The number of furan rings is 1. The number of hydrogen-bond donors (Lipinski definition) is 2. The number of carboxylic acid groups (broad SMARTS) is 1. The predicted molar refractivity (Wildman–Crippen MR) is 133 cm³/mol. The number of imide groups is 1. The topological polar surface area (TPSA) is 117 Å². The van der Waals surface area contributed by atoms with Crippen LogP contribution in [0.25, 0.3) is 17.4 Å². The molecule has 1 aliphatic rings. The fourth-order valence-electron chi connectivity index (χ4n) is 3.41. The van der Waals surface area contributed by atoms with E-state index in [1.165, 1.54) is 24.3 Å². The van der Waals surface area contributed by atoms with Gasteiger partial charge in [-0.1, -0.05) is 23.7 Å². The van der Waals surface area contributed by atoms with Crippen LogP contribution < -0.4 is 5.32 Å². The van der Waals surface area contributed by atoms with E-state index in [4.69, 9.17) is 16.0 Å². The summed E-state index contributed by atoms with van der Waals surface area (Å²) < 4.78 is 5.72. The van der Waals surface area contributed by atoms with Crippen molar-refractivity contribution in [3.05, 3.63) is 80.9 Å². The Bertz CT molecular complexity index is 1410. The van der Waals surface area contributed by atoms with Crippen LogP contribution in [-0.4, -0.2) is 39.6 Å². The maximum absolute atomic E-state index is 12.8. The number of carbonyl (C=O) groups excluding carboxylic acids is 3. The molecule has 0 bridgehead atoms. The second-order valence-electron chi connectivity index (χ2n) is 7.77. The Kier molecular flexibility index (Phi) is 6.81. The minimum absolute atomic E-state index is 0.0441. The van der Waals surface area contributed by atoms with Crippen molar-refractivity contribution < 1.29 is 28.7 Å². The normalized spacial score (nSPS) is 14.6. The lowest BCUT2D eigenvalue weighted by Gasteiger charge is -2.14. The third-order valence-corrected chi connectivity index (χ3v) is 6.67. The van der Waals surface area contributed by atoms with Crippen LogP contribution in [0, 0.1) is 13.8 Å². The summed E-state index contributed by atoms with van der Waals surface area (Å²) in [6, 6.07) is 12.9. The number of amides is 3. The molecule has 0 unspecified atom stereocenters. The Labute approximate surface area is 209 Å². The number of anilines is 1. The van der Waals surface area contributed by atoms with Crippen molar-refractivity contribution in [2.45, 2.75) is 13.8 Å². The highest BCUT2D eigenvalue weighted by Crippen LogP contribution is 2.35. The Morgan fingerprint density at radius 2 is 1.91 bits per heavy atom. The van der Waals surface area contributed by atoms with E-state index in [0.717, 1.165) is 16.0 Å². The number of rotatable bonds is 6. The molecule has 4 rings (SSSR count). The molecule has 8 nitrogen and oxygen atoms in total. The zero-order valence-corrected chi connectivity index (χ0v) is 20.2. The van der Waals surface area contributed by atoms with Gasteiger partial charge in [0.2, 0.25) is 5.91 Å². The van der Waals surface area contributed by atoms with Gasteiger partial charge < -0.3 is 14.8 Å². The van der Waals surface area contributed by atoms with Gasteiger partial charge in [0.15, 0.2) is 0 Å². The Hall–Kier alpha value is -3.82. The lowest BCUT2D eigenvalue weighted by atomic mass is 10.1. The fourth-order valence-corrected chi connectivity index (χ4v) is 4.44. The molecule has 2 N–H and O–H groups in total. The first-order chi connectivity index (χ1) is 16.6. The van der Waals surface area contributed by atoms with Gasteiger partial charge in [-0.2, -0.15) is 0 Å². The maximum atomic E-state index is 12.8. The lowest BCUT2D eigenvalue weighted by Crippen LogP contribution is -2.36. The summed E-state index contributed by atoms with van der Waals surface area (Å²) in [4.78, 5) is 49.9. The van der Waals surface area contributed by atoms with Crippen LogP contribution in [0.15, 0.2) is 57.9 Å². The van der Waals surface area contributed by atoms with Gasteiger partial charge in [-0.05, 0) is 73.1 Å². The first-order valence-electron chi connectivity index (χ1n) is 10.4. The van der Waals surface area contributed by atoms with Gasteiger partial charge in [0.25, 0.3) is 11.1 Å².